The molecule has 0 saturated heterocycles. The molecule has 0 aliphatic carbocycles. The zero-order valence-corrected chi connectivity index (χ0v) is 11.6. The number of aromatic nitrogens is 2. The SMILES string of the molecule is CC(=NO)c1ccc(F)cc1OCc1cc(C)nn1C. The van der Waals surface area contributed by atoms with Crippen molar-refractivity contribution in [1.82, 2.24) is 9.78 Å². The van der Waals surface area contributed by atoms with E-state index in [1.807, 2.05) is 20.0 Å². The quantitative estimate of drug-likeness (QED) is 0.531. The summed E-state index contributed by atoms with van der Waals surface area (Å²) in [5.41, 5.74) is 2.67. The summed E-state index contributed by atoms with van der Waals surface area (Å²) in [5.74, 6) is -0.0742. The summed E-state index contributed by atoms with van der Waals surface area (Å²) >= 11 is 0. The van der Waals surface area contributed by atoms with Gasteiger partial charge in [-0.3, -0.25) is 4.68 Å². The van der Waals surface area contributed by atoms with Crippen molar-refractivity contribution < 1.29 is 14.3 Å². The fourth-order valence-electron chi connectivity index (χ4n) is 1.92. The number of aryl methyl sites for hydroxylation is 2. The minimum Gasteiger partial charge on any atom is -0.487 e. The molecule has 0 unspecified atom stereocenters. The maximum atomic E-state index is 13.3. The molecule has 0 spiro atoms. The van der Waals surface area contributed by atoms with Gasteiger partial charge in [-0.25, -0.2) is 4.39 Å². The maximum Gasteiger partial charge on any atom is 0.131 e. The predicted molar refractivity (Wildman–Crippen MR) is 72.7 cm³/mol. The first-order valence-electron chi connectivity index (χ1n) is 6.12. The lowest BCUT2D eigenvalue weighted by atomic mass is 10.1. The Kier molecular flexibility index (Phi) is 4.02. The van der Waals surface area contributed by atoms with Gasteiger partial charge < -0.3 is 9.94 Å². The van der Waals surface area contributed by atoms with Crippen molar-refractivity contribution in [2.45, 2.75) is 20.5 Å². The highest BCUT2D eigenvalue weighted by Gasteiger charge is 2.10. The predicted octanol–water partition coefficient (Wildman–Crippen LogP) is 2.64. The fraction of sp³-hybridized carbons (Fsp3) is 0.286. The Morgan fingerprint density at radius 2 is 2.20 bits per heavy atom. The van der Waals surface area contributed by atoms with E-state index in [0.29, 0.717) is 17.0 Å². The molecule has 1 heterocycles. The standard InChI is InChI=1S/C14H16FN3O2/c1-9-6-12(18(3)16-9)8-20-14-7-11(15)4-5-13(14)10(2)17-19/h4-7,19H,8H2,1-3H3. The van der Waals surface area contributed by atoms with Crippen LogP contribution in [0, 0.1) is 12.7 Å². The van der Waals surface area contributed by atoms with E-state index in [1.165, 1.54) is 18.2 Å². The molecule has 106 valence electrons. The molecule has 0 radical (unpaired) electrons. The fourth-order valence-corrected chi connectivity index (χ4v) is 1.92. The van der Waals surface area contributed by atoms with E-state index in [2.05, 4.69) is 10.3 Å². The van der Waals surface area contributed by atoms with Crippen LogP contribution in [-0.2, 0) is 13.7 Å². The smallest absolute Gasteiger partial charge is 0.131 e. The number of halogens is 1. The molecule has 1 aromatic carbocycles. The van der Waals surface area contributed by atoms with Crippen LogP contribution in [0.1, 0.15) is 23.9 Å². The van der Waals surface area contributed by atoms with Gasteiger partial charge in [0.15, 0.2) is 0 Å². The third-order valence-electron chi connectivity index (χ3n) is 2.96. The molecule has 2 aromatic rings. The molecule has 1 N–H and O–H groups in total. The summed E-state index contributed by atoms with van der Waals surface area (Å²) in [6.07, 6.45) is 0. The van der Waals surface area contributed by atoms with E-state index in [0.717, 1.165) is 11.4 Å². The molecule has 0 aliphatic rings. The monoisotopic (exact) mass is 277 g/mol. The van der Waals surface area contributed by atoms with Crippen molar-refractivity contribution in [3.05, 3.63) is 47.0 Å². The Hall–Kier alpha value is -2.37. The van der Waals surface area contributed by atoms with E-state index in [9.17, 15) is 4.39 Å². The number of nitrogens with zero attached hydrogens (tertiary/aromatic N) is 3. The van der Waals surface area contributed by atoms with Crippen LogP contribution in [0.15, 0.2) is 29.4 Å². The minimum atomic E-state index is -0.407. The normalized spacial score (nSPS) is 11.7. The molecule has 0 saturated carbocycles. The van der Waals surface area contributed by atoms with E-state index < -0.39 is 5.82 Å². The number of hydrogen-bond acceptors (Lipinski definition) is 4. The van der Waals surface area contributed by atoms with Crippen molar-refractivity contribution in [2.24, 2.45) is 12.2 Å². The number of rotatable bonds is 4. The van der Waals surface area contributed by atoms with Gasteiger partial charge in [0.1, 0.15) is 18.2 Å². The first kappa shape index (κ1) is 14.0. The second-order valence-electron chi connectivity index (χ2n) is 4.52. The van der Waals surface area contributed by atoms with Crippen molar-refractivity contribution in [2.75, 3.05) is 0 Å². The van der Waals surface area contributed by atoms with E-state index in [-0.39, 0.29) is 6.61 Å². The minimum absolute atomic E-state index is 0.256. The first-order valence-corrected chi connectivity index (χ1v) is 6.12. The first-order chi connectivity index (χ1) is 9.51. The van der Waals surface area contributed by atoms with Crippen molar-refractivity contribution >= 4 is 5.71 Å². The zero-order valence-electron chi connectivity index (χ0n) is 11.6. The molecule has 2 rings (SSSR count). The number of ether oxygens (including phenoxy) is 1. The lowest BCUT2D eigenvalue weighted by Gasteiger charge is -2.11. The van der Waals surface area contributed by atoms with Gasteiger partial charge in [0.05, 0.1) is 17.1 Å². The molecular weight excluding hydrogens is 261 g/mol. The van der Waals surface area contributed by atoms with Crippen molar-refractivity contribution in [3.8, 4) is 5.75 Å². The van der Waals surface area contributed by atoms with Crippen LogP contribution in [0.2, 0.25) is 0 Å². The van der Waals surface area contributed by atoms with E-state index in [4.69, 9.17) is 9.94 Å². The highest BCUT2D eigenvalue weighted by molar-refractivity contribution is 6.00. The van der Waals surface area contributed by atoms with Crippen LogP contribution in [0.25, 0.3) is 0 Å². The van der Waals surface area contributed by atoms with Gasteiger partial charge in [0.2, 0.25) is 0 Å². The molecule has 0 aliphatic heterocycles. The van der Waals surface area contributed by atoms with Crippen LogP contribution in [-0.4, -0.2) is 20.7 Å². The Labute approximate surface area is 116 Å². The molecular formula is C14H16FN3O2. The topological polar surface area (TPSA) is 59.6 Å². The van der Waals surface area contributed by atoms with Crippen LogP contribution in [0.4, 0.5) is 4.39 Å². The van der Waals surface area contributed by atoms with Crippen LogP contribution in [0.3, 0.4) is 0 Å². The summed E-state index contributed by atoms with van der Waals surface area (Å²) < 4.78 is 20.7. The largest absolute Gasteiger partial charge is 0.487 e. The molecule has 0 fully saturated rings. The van der Waals surface area contributed by atoms with E-state index >= 15 is 0 Å². The Morgan fingerprint density at radius 1 is 1.45 bits per heavy atom. The third kappa shape index (κ3) is 2.96. The molecule has 6 heteroatoms. The molecule has 1 aromatic heterocycles. The van der Waals surface area contributed by atoms with Gasteiger partial charge >= 0.3 is 0 Å². The van der Waals surface area contributed by atoms with Crippen LogP contribution in [0.5, 0.6) is 5.75 Å². The van der Waals surface area contributed by atoms with Gasteiger partial charge in [0.25, 0.3) is 0 Å². The van der Waals surface area contributed by atoms with E-state index in [1.54, 1.807) is 11.6 Å². The second-order valence-corrected chi connectivity index (χ2v) is 4.52. The van der Waals surface area contributed by atoms with Crippen molar-refractivity contribution in [3.63, 3.8) is 0 Å². The van der Waals surface area contributed by atoms with Gasteiger partial charge in [-0.05, 0) is 32.0 Å². The summed E-state index contributed by atoms with van der Waals surface area (Å²) in [6, 6.07) is 5.98. The van der Waals surface area contributed by atoms with Crippen LogP contribution < -0.4 is 4.74 Å². The summed E-state index contributed by atoms with van der Waals surface area (Å²) in [6.45, 7) is 3.76. The Balaban J connectivity index is 2.24. The molecule has 0 amide bonds. The van der Waals surface area contributed by atoms with Crippen molar-refractivity contribution in [1.29, 1.82) is 0 Å². The second kappa shape index (κ2) is 5.73. The summed E-state index contributed by atoms with van der Waals surface area (Å²) in [7, 11) is 1.82. The van der Waals surface area contributed by atoms with Crippen LogP contribution >= 0.6 is 0 Å². The summed E-state index contributed by atoms with van der Waals surface area (Å²) in [5, 5.41) is 16.2. The Morgan fingerprint density at radius 3 is 2.80 bits per heavy atom. The highest BCUT2D eigenvalue weighted by atomic mass is 19.1. The summed E-state index contributed by atoms with van der Waals surface area (Å²) in [4.78, 5) is 0. The zero-order chi connectivity index (χ0) is 14.7. The van der Waals surface area contributed by atoms with Gasteiger partial charge in [-0.1, -0.05) is 5.16 Å². The third-order valence-corrected chi connectivity index (χ3v) is 2.96. The van der Waals surface area contributed by atoms with Gasteiger partial charge in [0, 0.05) is 18.7 Å². The number of benzene rings is 1. The lowest BCUT2D eigenvalue weighted by molar-refractivity contribution is 0.291. The lowest BCUT2D eigenvalue weighted by Crippen LogP contribution is -2.06. The molecule has 5 nitrogen and oxygen atoms in total. The van der Waals surface area contributed by atoms with Gasteiger partial charge in [-0.2, -0.15) is 5.10 Å². The molecule has 20 heavy (non-hydrogen) atoms. The number of oxime groups is 1. The maximum absolute atomic E-state index is 13.3. The Bertz CT molecular complexity index is 650. The average molecular weight is 277 g/mol. The average Bonchev–Trinajstić information content (AvgIpc) is 2.74. The highest BCUT2D eigenvalue weighted by Crippen LogP contribution is 2.22. The number of hydrogen-bond donors (Lipinski definition) is 1. The van der Waals surface area contributed by atoms with Gasteiger partial charge in [-0.15, -0.1) is 0 Å². The molecule has 0 atom stereocenters. The molecule has 0 bridgehead atoms.